The summed E-state index contributed by atoms with van der Waals surface area (Å²) in [6.45, 7) is 4.17. The van der Waals surface area contributed by atoms with Crippen LogP contribution in [0.4, 0.5) is 0 Å². The molecule has 64 heavy (non-hydrogen) atoms. The third-order valence-electron chi connectivity index (χ3n) is 11.3. The Labute approximate surface area is 394 Å². The van der Waals surface area contributed by atoms with Gasteiger partial charge in [0.2, 0.25) is 0 Å². The van der Waals surface area contributed by atoms with Gasteiger partial charge < -0.3 is 27.9 Å². The molecule has 0 fully saturated rings. The second kappa shape index (κ2) is 46.1. The van der Waals surface area contributed by atoms with Crippen LogP contribution in [-0.2, 0) is 32.7 Å². The monoisotopic (exact) mass is 922 g/mol. The van der Waals surface area contributed by atoms with Crippen LogP contribution in [0.1, 0.15) is 232 Å². The van der Waals surface area contributed by atoms with Crippen LogP contribution in [0.2, 0.25) is 0 Å². The minimum Gasteiger partial charge on any atom is -0.756 e. The van der Waals surface area contributed by atoms with Crippen molar-refractivity contribution in [2.75, 3.05) is 47.5 Å². The Hall–Kier alpha value is -2.03. The fourth-order valence-corrected chi connectivity index (χ4v) is 7.92. The maximum absolute atomic E-state index is 12.7. The number of hydrogen-bond acceptors (Lipinski definition) is 8. The number of unbranched alkanes of at least 4 members (excludes halogenated alkanes) is 26. The van der Waals surface area contributed by atoms with E-state index >= 15 is 0 Å². The summed E-state index contributed by atoms with van der Waals surface area (Å²) in [5, 5.41) is 0. The van der Waals surface area contributed by atoms with E-state index in [0.29, 0.717) is 23.9 Å². The molecule has 0 aromatic rings. The quantitative estimate of drug-likeness (QED) is 0.0195. The molecular weight excluding hydrogens is 822 g/mol. The lowest BCUT2D eigenvalue weighted by molar-refractivity contribution is -0.870. The van der Waals surface area contributed by atoms with E-state index in [9.17, 15) is 19.0 Å². The van der Waals surface area contributed by atoms with Gasteiger partial charge in [0.15, 0.2) is 6.10 Å². The number of rotatable bonds is 48. The molecule has 0 amide bonds. The van der Waals surface area contributed by atoms with E-state index in [0.717, 1.165) is 51.4 Å². The Morgan fingerprint density at radius 1 is 0.484 bits per heavy atom. The molecule has 1 unspecified atom stereocenters. The molecule has 0 saturated carbocycles. The fourth-order valence-electron chi connectivity index (χ4n) is 7.20. The van der Waals surface area contributed by atoms with Gasteiger partial charge in [-0.3, -0.25) is 14.2 Å². The van der Waals surface area contributed by atoms with Crippen LogP contribution in [0.15, 0.2) is 48.6 Å². The molecule has 0 aliphatic carbocycles. The molecule has 9 nitrogen and oxygen atoms in total. The standard InChI is InChI=1S/C54H100NO8P/c1-6-8-10-12-14-16-18-20-22-24-25-26-27-28-29-31-32-34-36-38-40-42-44-46-53(56)60-50-52(51-62-64(58,59)61-49-48-55(3,4)5)63-54(57)47-45-43-41-39-37-35-33-30-23-21-19-17-15-13-11-9-7-2/h15,17,21,23,33,35,38,40,52H,6-14,16,18-20,22,24-32,34,36-37,39,41-51H2,1-5H3/b17-15+,23-21+,35-33+,40-38+/t52-/m0/s1. The Morgan fingerprint density at radius 3 is 1.34 bits per heavy atom. The minimum atomic E-state index is -4.64. The van der Waals surface area contributed by atoms with E-state index in [1.54, 1.807) is 0 Å². The number of likely N-dealkylation sites (N-methyl/N-ethyl adjacent to an activating group) is 1. The van der Waals surface area contributed by atoms with Gasteiger partial charge in [0.25, 0.3) is 7.82 Å². The summed E-state index contributed by atoms with van der Waals surface area (Å²) in [5.74, 6) is -0.892. The van der Waals surface area contributed by atoms with Gasteiger partial charge in [0.1, 0.15) is 19.8 Å². The minimum absolute atomic E-state index is 0.0400. The summed E-state index contributed by atoms with van der Waals surface area (Å²) < 4.78 is 34.0. The summed E-state index contributed by atoms with van der Waals surface area (Å²) >= 11 is 0. The Bertz CT molecular complexity index is 1230. The van der Waals surface area contributed by atoms with E-state index in [-0.39, 0.29) is 26.1 Å². The van der Waals surface area contributed by atoms with Crippen molar-refractivity contribution in [2.24, 2.45) is 0 Å². The first-order chi connectivity index (χ1) is 31.0. The molecule has 0 aliphatic rings. The first kappa shape index (κ1) is 62.0. The summed E-state index contributed by atoms with van der Waals surface area (Å²) in [6, 6.07) is 0. The van der Waals surface area contributed by atoms with Gasteiger partial charge in [-0.2, -0.15) is 0 Å². The van der Waals surface area contributed by atoms with Gasteiger partial charge in [0.05, 0.1) is 27.7 Å². The molecule has 0 aromatic heterocycles. The smallest absolute Gasteiger partial charge is 0.306 e. The second-order valence-corrected chi connectivity index (χ2v) is 20.3. The Kier molecular flexibility index (Phi) is 44.6. The topological polar surface area (TPSA) is 111 Å². The average molecular weight is 922 g/mol. The van der Waals surface area contributed by atoms with Crippen molar-refractivity contribution in [2.45, 2.75) is 238 Å². The van der Waals surface area contributed by atoms with Crippen molar-refractivity contribution in [3.63, 3.8) is 0 Å². The number of carbonyl (C=O) groups is 2. The van der Waals surface area contributed by atoms with Crippen LogP contribution in [0.5, 0.6) is 0 Å². The Balaban J connectivity index is 4.26. The van der Waals surface area contributed by atoms with Gasteiger partial charge in [-0.15, -0.1) is 0 Å². The summed E-state index contributed by atoms with van der Waals surface area (Å²) in [5.41, 5.74) is 0. The molecule has 0 N–H and O–H groups in total. The van der Waals surface area contributed by atoms with Gasteiger partial charge in [-0.05, 0) is 70.6 Å². The fraction of sp³-hybridized carbons (Fsp3) is 0.815. The number of phosphoric acid groups is 1. The molecule has 0 heterocycles. The number of phosphoric ester groups is 1. The first-order valence-corrected chi connectivity index (χ1v) is 27.8. The van der Waals surface area contributed by atoms with Crippen molar-refractivity contribution in [1.29, 1.82) is 0 Å². The molecule has 0 spiro atoms. The highest BCUT2D eigenvalue weighted by Crippen LogP contribution is 2.38. The molecule has 0 aliphatic heterocycles. The van der Waals surface area contributed by atoms with Crippen molar-refractivity contribution in [3.05, 3.63) is 48.6 Å². The average Bonchev–Trinajstić information content (AvgIpc) is 3.25. The molecule has 0 radical (unpaired) electrons. The number of esters is 2. The maximum atomic E-state index is 12.7. The predicted octanol–water partition coefficient (Wildman–Crippen LogP) is 15.2. The van der Waals surface area contributed by atoms with Crippen LogP contribution in [0, 0.1) is 0 Å². The van der Waals surface area contributed by atoms with Crippen molar-refractivity contribution in [1.82, 2.24) is 0 Å². The van der Waals surface area contributed by atoms with E-state index < -0.39 is 32.5 Å². The molecule has 0 rings (SSSR count). The first-order valence-electron chi connectivity index (χ1n) is 26.3. The maximum Gasteiger partial charge on any atom is 0.306 e. The third-order valence-corrected chi connectivity index (χ3v) is 12.3. The van der Waals surface area contributed by atoms with Crippen LogP contribution in [-0.4, -0.2) is 70.0 Å². The predicted molar refractivity (Wildman–Crippen MR) is 268 cm³/mol. The van der Waals surface area contributed by atoms with E-state index in [1.165, 1.54) is 141 Å². The highest BCUT2D eigenvalue weighted by atomic mass is 31.2. The number of quaternary nitrogens is 1. The second-order valence-electron chi connectivity index (χ2n) is 18.9. The SMILES string of the molecule is CCCCC/C=C/C/C=C/C/C=C/CCCCCCC(=O)O[C@@H](COC(=O)CCC/C=C/CCCCCCCCCCCCCCCCCCCC)COP(=O)([O-])OCC[N+](C)(C)C. The van der Waals surface area contributed by atoms with Crippen LogP contribution in [0.3, 0.4) is 0 Å². The number of allylic oxidation sites excluding steroid dienone is 8. The normalized spacial score (nSPS) is 13.8. The molecular formula is C54H100NO8P. The van der Waals surface area contributed by atoms with Crippen molar-refractivity contribution in [3.8, 4) is 0 Å². The van der Waals surface area contributed by atoms with Gasteiger partial charge >= 0.3 is 11.9 Å². The van der Waals surface area contributed by atoms with Gasteiger partial charge in [-0.25, -0.2) is 0 Å². The zero-order valence-electron chi connectivity index (χ0n) is 42.2. The molecule has 0 bridgehead atoms. The van der Waals surface area contributed by atoms with Crippen molar-refractivity contribution >= 4 is 19.8 Å². The molecule has 374 valence electrons. The third kappa shape index (κ3) is 49.4. The van der Waals surface area contributed by atoms with Crippen LogP contribution in [0.25, 0.3) is 0 Å². The number of hydrogen-bond donors (Lipinski definition) is 0. The highest BCUT2D eigenvalue weighted by molar-refractivity contribution is 7.45. The van der Waals surface area contributed by atoms with E-state index in [2.05, 4.69) is 62.5 Å². The van der Waals surface area contributed by atoms with Crippen molar-refractivity contribution < 1.29 is 42.1 Å². The Morgan fingerprint density at radius 2 is 0.859 bits per heavy atom. The molecule has 10 heteroatoms. The zero-order chi connectivity index (χ0) is 47.1. The van der Waals surface area contributed by atoms with Gasteiger partial charge in [-0.1, -0.05) is 197 Å². The number of ether oxygens (including phenoxy) is 2. The molecule has 2 atom stereocenters. The highest BCUT2D eigenvalue weighted by Gasteiger charge is 2.21. The number of nitrogens with zero attached hydrogens (tertiary/aromatic N) is 1. The lowest BCUT2D eigenvalue weighted by Crippen LogP contribution is -2.37. The lowest BCUT2D eigenvalue weighted by Gasteiger charge is -2.28. The van der Waals surface area contributed by atoms with E-state index in [4.69, 9.17) is 18.5 Å². The molecule has 0 aromatic carbocycles. The summed E-state index contributed by atoms with van der Waals surface area (Å²) in [6.07, 6.45) is 55.9. The van der Waals surface area contributed by atoms with Crippen LogP contribution < -0.4 is 4.89 Å². The van der Waals surface area contributed by atoms with E-state index in [1.807, 2.05) is 21.1 Å². The summed E-state index contributed by atoms with van der Waals surface area (Å²) in [7, 11) is 1.14. The summed E-state index contributed by atoms with van der Waals surface area (Å²) in [4.78, 5) is 37.7. The van der Waals surface area contributed by atoms with Gasteiger partial charge in [0, 0.05) is 12.8 Å². The largest absolute Gasteiger partial charge is 0.756 e. The zero-order valence-corrected chi connectivity index (χ0v) is 43.1. The molecule has 0 saturated heterocycles. The van der Waals surface area contributed by atoms with Crippen LogP contribution >= 0.6 is 7.82 Å². The number of carbonyl (C=O) groups excluding carboxylic acids is 2. The lowest BCUT2D eigenvalue weighted by atomic mass is 10.0.